The summed E-state index contributed by atoms with van der Waals surface area (Å²) in [6.07, 6.45) is 4.19. The first-order valence-electron chi connectivity index (χ1n) is 8.09. The second-order valence-corrected chi connectivity index (χ2v) is 9.94. The third-order valence-electron chi connectivity index (χ3n) is 6.03. The minimum absolute atomic E-state index is 0.161. The highest BCUT2D eigenvalue weighted by Gasteiger charge is 2.59. The van der Waals surface area contributed by atoms with Crippen LogP contribution in [-0.4, -0.2) is 21.1 Å². The van der Waals surface area contributed by atoms with Crippen LogP contribution in [0, 0.1) is 17.8 Å². The molecule has 2 saturated heterocycles. The molecule has 4 aliphatic rings. The minimum Gasteiger partial charge on any atom is -0.334 e. The Kier molecular flexibility index (Phi) is 3.25. The number of thioether (sulfide) groups is 2. The fraction of sp³-hybridized carbons (Fsp3) is 0.588. The lowest BCUT2D eigenvalue weighted by atomic mass is 9.73. The van der Waals surface area contributed by atoms with Gasteiger partial charge in [0, 0.05) is 16.2 Å². The molecule has 22 heavy (non-hydrogen) atoms. The van der Waals surface area contributed by atoms with Crippen LogP contribution in [0.15, 0.2) is 24.3 Å². The highest BCUT2D eigenvalue weighted by Crippen LogP contribution is 2.64. The van der Waals surface area contributed by atoms with E-state index in [0.717, 1.165) is 28.0 Å². The highest BCUT2D eigenvalue weighted by atomic mass is 35.5. The van der Waals surface area contributed by atoms with Crippen molar-refractivity contribution in [2.24, 2.45) is 17.8 Å². The van der Waals surface area contributed by atoms with Gasteiger partial charge in [-0.15, -0.1) is 11.8 Å². The number of carbonyl (C=O) groups is 1. The molecule has 1 amide bonds. The van der Waals surface area contributed by atoms with Crippen molar-refractivity contribution in [2.45, 2.75) is 41.1 Å². The molecule has 2 heterocycles. The second-order valence-electron chi connectivity index (χ2n) is 7.02. The largest absolute Gasteiger partial charge is 0.334 e. The lowest BCUT2D eigenvalue weighted by molar-refractivity contribution is 0.257. The van der Waals surface area contributed by atoms with Gasteiger partial charge in [-0.3, -0.25) is 4.79 Å². The summed E-state index contributed by atoms with van der Waals surface area (Å²) in [5.41, 5.74) is 1.38. The highest BCUT2D eigenvalue weighted by molar-refractivity contribution is 8.15. The molecule has 7 atom stereocenters. The van der Waals surface area contributed by atoms with Crippen molar-refractivity contribution < 1.29 is 4.79 Å². The zero-order chi connectivity index (χ0) is 14.8. The molecule has 0 aromatic heterocycles. The molecule has 2 nitrogen and oxygen atoms in total. The number of rotatable bonds is 1. The van der Waals surface area contributed by atoms with E-state index in [2.05, 4.69) is 29.2 Å². The molecular formula is C17H18ClNOS2. The van der Waals surface area contributed by atoms with E-state index >= 15 is 0 Å². The second kappa shape index (κ2) is 5.09. The predicted molar refractivity (Wildman–Crippen MR) is 93.6 cm³/mol. The minimum atomic E-state index is 0.161. The summed E-state index contributed by atoms with van der Waals surface area (Å²) in [5, 5.41) is 5.56. The molecule has 5 heteroatoms. The summed E-state index contributed by atoms with van der Waals surface area (Å²) in [5.74, 6) is 2.97. The molecule has 2 aliphatic heterocycles. The molecule has 0 unspecified atom stereocenters. The topological polar surface area (TPSA) is 29.1 Å². The van der Waals surface area contributed by atoms with E-state index < -0.39 is 0 Å². The lowest BCUT2D eigenvalue weighted by Gasteiger charge is -2.46. The maximum Gasteiger partial charge on any atom is 0.280 e. The number of carbonyl (C=O) groups excluding carboxylic acids is 1. The molecule has 1 N–H and O–H groups in total. The van der Waals surface area contributed by atoms with Gasteiger partial charge in [-0.05, 0) is 54.7 Å². The van der Waals surface area contributed by atoms with Crippen molar-refractivity contribution in [1.82, 2.24) is 5.32 Å². The molecule has 2 saturated carbocycles. The first-order valence-corrected chi connectivity index (χ1v) is 10.3. The van der Waals surface area contributed by atoms with Crippen molar-refractivity contribution >= 4 is 40.4 Å². The van der Waals surface area contributed by atoms with E-state index in [-0.39, 0.29) is 5.24 Å². The maximum atomic E-state index is 12.0. The number of nitrogens with one attached hydrogen (secondary N) is 1. The first-order chi connectivity index (χ1) is 10.7. The summed E-state index contributed by atoms with van der Waals surface area (Å²) < 4.78 is 0. The lowest BCUT2D eigenvalue weighted by Crippen LogP contribution is -2.46. The summed E-state index contributed by atoms with van der Waals surface area (Å²) >= 11 is 9.67. The average molecular weight is 352 g/mol. The molecule has 116 valence electrons. The summed E-state index contributed by atoms with van der Waals surface area (Å²) in [7, 11) is 0. The van der Waals surface area contributed by atoms with Crippen LogP contribution < -0.4 is 5.32 Å². The number of amides is 1. The Morgan fingerprint density at radius 2 is 1.86 bits per heavy atom. The Bertz CT molecular complexity index is 622. The van der Waals surface area contributed by atoms with Gasteiger partial charge in [0.15, 0.2) is 0 Å². The van der Waals surface area contributed by atoms with Crippen LogP contribution in [0.5, 0.6) is 0 Å². The Labute approximate surface area is 144 Å². The summed E-state index contributed by atoms with van der Waals surface area (Å²) in [6.45, 7) is 0. The molecule has 1 aromatic carbocycles. The van der Waals surface area contributed by atoms with Crippen LogP contribution in [-0.2, 0) is 0 Å². The van der Waals surface area contributed by atoms with Crippen molar-refractivity contribution in [3.63, 3.8) is 0 Å². The van der Waals surface area contributed by atoms with Crippen LogP contribution in [0.25, 0.3) is 0 Å². The fourth-order valence-electron chi connectivity index (χ4n) is 5.26. The van der Waals surface area contributed by atoms with Gasteiger partial charge in [-0.25, -0.2) is 0 Å². The first kappa shape index (κ1) is 14.1. The van der Waals surface area contributed by atoms with Gasteiger partial charge < -0.3 is 5.32 Å². The van der Waals surface area contributed by atoms with E-state index in [1.807, 2.05) is 12.1 Å². The number of benzene rings is 1. The molecule has 0 radical (unpaired) electrons. The molecular weight excluding hydrogens is 334 g/mol. The quantitative estimate of drug-likeness (QED) is 0.792. The fourth-order valence-corrected chi connectivity index (χ4v) is 8.82. The molecule has 1 aromatic rings. The number of halogens is 1. The van der Waals surface area contributed by atoms with Gasteiger partial charge in [0.05, 0.1) is 10.6 Å². The summed E-state index contributed by atoms with van der Waals surface area (Å²) in [6, 6.07) is 8.38. The molecule has 0 spiro atoms. The molecule has 4 fully saturated rings. The third-order valence-corrected chi connectivity index (χ3v) is 9.34. The number of hydrogen-bond acceptors (Lipinski definition) is 3. The van der Waals surface area contributed by atoms with Gasteiger partial charge in [-0.1, -0.05) is 35.5 Å². The maximum absolute atomic E-state index is 12.0. The Morgan fingerprint density at radius 3 is 2.68 bits per heavy atom. The zero-order valence-electron chi connectivity index (χ0n) is 12.1. The van der Waals surface area contributed by atoms with Crippen molar-refractivity contribution in [2.75, 3.05) is 0 Å². The van der Waals surface area contributed by atoms with Gasteiger partial charge in [-0.2, -0.15) is 0 Å². The Morgan fingerprint density at radius 1 is 1.09 bits per heavy atom. The third kappa shape index (κ3) is 1.99. The standard InChI is InChI=1S/C17H18ClNOS2/c18-11-5-3-8(4-6-11)12-13-9-1-2-10(7-9)14(13)21-16-15(12)22-17(20)19-16/h3-6,9-10,12-16H,1-2,7H2,(H,19,20)/t9-,10-,12-,13+,14+,15+,16+/m0/s1. The SMILES string of the molecule is O=C1N[C@@H]2S[C@@H]3[C@H]4CC[C@@H](C4)[C@@H]3[C@H](c3ccc(Cl)cc3)[C@H]2S1. The summed E-state index contributed by atoms with van der Waals surface area (Å²) in [4.78, 5) is 12.0. The average Bonchev–Trinajstić information content (AvgIpc) is 3.19. The van der Waals surface area contributed by atoms with E-state index in [1.54, 1.807) is 0 Å². The van der Waals surface area contributed by atoms with Crippen molar-refractivity contribution in [3.8, 4) is 0 Å². The van der Waals surface area contributed by atoms with E-state index in [9.17, 15) is 4.79 Å². The van der Waals surface area contributed by atoms with Gasteiger partial charge in [0.2, 0.25) is 0 Å². The van der Waals surface area contributed by atoms with Gasteiger partial charge in [0.25, 0.3) is 5.24 Å². The molecule has 2 bridgehead atoms. The van der Waals surface area contributed by atoms with E-state index in [4.69, 9.17) is 11.6 Å². The zero-order valence-corrected chi connectivity index (χ0v) is 14.5. The molecule has 5 rings (SSSR count). The molecule has 2 aliphatic carbocycles. The van der Waals surface area contributed by atoms with Crippen LogP contribution in [0.2, 0.25) is 5.02 Å². The van der Waals surface area contributed by atoms with Crippen LogP contribution >= 0.6 is 35.1 Å². The van der Waals surface area contributed by atoms with Crippen LogP contribution in [0.1, 0.15) is 30.7 Å². The Hall–Kier alpha value is -0.320. The van der Waals surface area contributed by atoms with Gasteiger partial charge >= 0.3 is 0 Å². The monoisotopic (exact) mass is 351 g/mol. The normalized spacial score (nSPS) is 45.5. The van der Waals surface area contributed by atoms with Crippen molar-refractivity contribution in [1.29, 1.82) is 0 Å². The van der Waals surface area contributed by atoms with Gasteiger partial charge in [0.1, 0.15) is 0 Å². The van der Waals surface area contributed by atoms with Crippen LogP contribution in [0.3, 0.4) is 0 Å². The van der Waals surface area contributed by atoms with Crippen molar-refractivity contribution in [3.05, 3.63) is 34.9 Å². The number of hydrogen-bond donors (Lipinski definition) is 1. The predicted octanol–water partition coefficient (Wildman–Crippen LogP) is 4.74. The van der Waals surface area contributed by atoms with E-state index in [1.165, 1.54) is 36.6 Å². The van der Waals surface area contributed by atoms with Crippen LogP contribution in [0.4, 0.5) is 4.79 Å². The smallest absolute Gasteiger partial charge is 0.280 e. The van der Waals surface area contributed by atoms with E-state index in [0.29, 0.717) is 16.5 Å². The number of fused-ring (bicyclic) bond motifs is 6. The Balaban J connectivity index is 1.58.